The van der Waals surface area contributed by atoms with Gasteiger partial charge in [-0.1, -0.05) is 17.7 Å². The summed E-state index contributed by atoms with van der Waals surface area (Å²) in [5, 5.41) is 12.3. The highest BCUT2D eigenvalue weighted by Crippen LogP contribution is 2.23. The van der Waals surface area contributed by atoms with Gasteiger partial charge < -0.3 is 5.32 Å². The molecule has 0 saturated carbocycles. The average Bonchev–Trinajstić information content (AvgIpc) is 2.41. The molecule has 0 amide bonds. The summed E-state index contributed by atoms with van der Waals surface area (Å²) in [6.45, 7) is 0.463. The zero-order valence-corrected chi connectivity index (χ0v) is 12.0. The molecule has 0 unspecified atom stereocenters. The first-order chi connectivity index (χ1) is 9.10. The minimum absolute atomic E-state index is 0.0368. The van der Waals surface area contributed by atoms with Crippen molar-refractivity contribution in [2.24, 2.45) is 0 Å². The molecule has 0 aliphatic carbocycles. The summed E-state index contributed by atoms with van der Waals surface area (Å²) in [7, 11) is 0. The number of nitrogens with zero attached hydrogens (tertiary/aromatic N) is 2. The normalized spacial score (nSPS) is 10.0. The van der Waals surface area contributed by atoms with Gasteiger partial charge in [0.05, 0.1) is 21.9 Å². The van der Waals surface area contributed by atoms with Gasteiger partial charge in [-0.05, 0) is 39.7 Å². The van der Waals surface area contributed by atoms with Gasteiger partial charge >= 0.3 is 0 Å². The van der Waals surface area contributed by atoms with Gasteiger partial charge in [-0.15, -0.1) is 0 Å². The van der Waals surface area contributed by atoms with Crippen molar-refractivity contribution in [3.8, 4) is 6.07 Å². The van der Waals surface area contributed by atoms with Gasteiger partial charge in [0, 0.05) is 6.54 Å². The van der Waals surface area contributed by atoms with E-state index in [2.05, 4.69) is 26.2 Å². The average molecular weight is 341 g/mol. The molecule has 0 aliphatic rings. The summed E-state index contributed by atoms with van der Waals surface area (Å²) in [5.41, 5.74) is 1.62. The Labute approximate surface area is 123 Å². The maximum Gasteiger partial charge on any atom is 0.143 e. The molecule has 0 bridgehead atoms. The third-order valence-electron chi connectivity index (χ3n) is 2.44. The Morgan fingerprint density at radius 1 is 1.42 bits per heavy atom. The fraction of sp³-hybridized carbons (Fsp3) is 0.0769. The van der Waals surface area contributed by atoms with E-state index in [4.69, 9.17) is 16.9 Å². The topological polar surface area (TPSA) is 48.7 Å². The summed E-state index contributed by atoms with van der Waals surface area (Å²) in [6.07, 6.45) is 1.60. The van der Waals surface area contributed by atoms with Gasteiger partial charge in [0.2, 0.25) is 0 Å². The Hall–Kier alpha value is -1.64. The molecule has 6 heteroatoms. The predicted molar refractivity (Wildman–Crippen MR) is 75.4 cm³/mol. The molecule has 0 fully saturated rings. The zero-order chi connectivity index (χ0) is 13.8. The fourth-order valence-corrected chi connectivity index (χ4v) is 1.94. The molecule has 0 aliphatic heterocycles. The van der Waals surface area contributed by atoms with Crippen molar-refractivity contribution in [1.29, 1.82) is 5.26 Å². The maximum atomic E-state index is 13.2. The van der Waals surface area contributed by atoms with Crippen molar-refractivity contribution < 1.29 is 4.39 Å². The monoisotopic (exact) mass is 339 g/mol. The second-order valence-electron chi connectivity index (χ2n) is 3.78. The van der Waals surface area contributed by atoms with Gasteiger partial charge in [0.1, 0.15) is 17.0 Å². The molecule has 96 valence electrons. The van der Waals surface area contributed by atoms with Crippen LogP contribution in [0.2, 0.25) is 5.15 Å². The molecular weight excluding hydrogens is 333 g/mol. The van der Waals surface area contributed by atoms with E-state index in [9.17, 15) is 4.39 Å². The molecule has 1 aromatic carbocycles. The smallest absolute Gasteiger partial charge is 0.143 e. The summed E-state index contributed by atoms with van der Waals surface area (Å²) in [4.78, 5) is 3.98. The number of pyridine rings is 1. The van der Waals surface area contributed by atoms with Gasteiger partial charge in [-0.3, -0.25) is 0 Å². The number of hydrogen-bond acceptors (Lipinski definition) is 3. The summed E-state index contributed by atoms with van der Waals surface area (Å²) in [6, 6.07) is 8.03. The fourth-order valence-electron chi connectivity index (χ4n) is 1.49. The third kappa shape index (κ3) is 3.43. The second kappa shape index (κ2) is 6.00. The highest BCUT2D eigenvalue weighted by Gasteiger charge is 2.04. The van der Waals surface area contributed by atoms with E-state index in [1.165, 1.54) is 12.1 Å². The number of nitrogens with one attached hydrogen (secondary N) is 1. The highest BCUT2D eigenvalue weighted by atomic mass is 79.9. The van der Waals surface area contributed by atoms with Crippen LogP contribution in [0.15, 0.2) is 34.9 Å². The van der Waals surface area contributed by atoms with Crippen LogP contribution in [0, 0.1) is 17.1 Å². The minimum atomic E-state index is -0.512. The van der Waals surface area contributed by atoms with E-state index in [1.54, 1.807) is 18.3 Å². The first kappa shape index (κ1) is 13.8. The van der Waals surface area contributed by atoms with Crippen LogP contribution in [0.4, 0.5) is 10.1 Å². The SMILES string of the molecule is N#Cc1cc(CNc2cnc(Cl)c(Br)c2)ccc1F. The molecule has 0 atom stereocenters. The van der Waals surface area contributed by atoms with Crippen molar-refractivity contribution >= 4 is 33.2 Å². The Morgan fingerprint density at radius 3 is 2.89 bits per heavy atom. The van der Waals surface area contributed by atoms with Crippen LogP contribution in [0.1, 0.15) is 11.1 Å². The first-order valence-electron chi connectivity index (χ1n) is 5.33. The summed E-state index contributed by atoms with van der Waals surface area (Å²) < 4.78 is 13.8. The second-order valence-corrected chi connectivity index (χ2v) is 4.99. The van der Waals surface area contributed by atoms with Gasteiger partial charge in [-0.25, -0.2) is 9.37 Å². The molecule has 2 rings (SSSR count). The number of hydrogen-bond donors (Lipinski definition) is 1. The molecule has 3 nitrogen and oxygen atoms in total. The Kier molecular flexibility index (Phi) is 4.35. The van der Waals surface area contributed by atoms with E-state index in [1.807, 2.05) is 6.07 Å². The first-order valence-corrected chi connectivity index (χ1v) is 6.50. The maximum absolute atomic E-state index is 13.2. The van der Waals surface area contributed by atoms with Crippen LogP contribution in [0.3, 0.4) is 0 Å². The molecule has 0 saturated heterocycles. The van der Waals surface area contributed by atoms with E-state index < -0.39 is 5.82 Å². The van der Waals surface area contributed by atoms with Crippen molar-refractivity contribution in [2.45, 2.75) is 6.54 Å². The van der Waals surface area contributed by atoms with Crippen LogP contribution in [-0.2, 0) is 6.54 Å². The number of rotatable bonds is 3. The van der Waals surface area contributed by atoms with Crippen LogP contribution >= 0.6 is 27.5 Å². The number of nitriles is 1. The lowest BCUT2D eigenvalue weighted by Gasteiger charge is -2.07. The van der Waals surface area contributed by atoms with Gasteiger partial charge in [0.15, 0.2) is 0 Å². The lowest BCUT2D eigenvalue weighted by Crippen LogP contribution is -2.01. The van der Waals surface area contributed by atoms with Crippen LogP contribution in [0.25, 0.3) is 0 Å². The Bertz CT molecular complexity index is 655. The molecule has 0 spiro atoms. The van der Waals surface area contributed by atoms with Crippen LogP contribution in [-0.4, -0.2) is 4.98 Å². The molecule has 1 heterocycles. The molecule has 2 aromatic rings. The van der Waals surface area contributed by atoms with E-state index in [0.717, 1.165) is 11.3 Å². The molecule has 0 radical (unpaired) electrons. The molecule has 19 heavy (non-hydrogen) atoms. The van der Waals surface area contributed by atoms with Gasteiger partial charge in [-0.2, -0.15) is 5.26 Å². The third-order valence-corrected chi connectivity index (χ3v) is 3.58. The van der Waals surface area contributed by atoms with Crippen molar-refractivity contribution in [3.63, 3.8) is 0 Å². The number of halogens is 3. The highest BCUT2D eigenvalue weighted by molar-refractivity contribution is 9.10. The van der Waals surface area contributed by atoms with E-state index in [-0.39, 0.29) is 5.56 Å². The largest absolute Gasteiger partial charge is 0.380 e. The quantitative estimate of drug-likeness (QED) is 0.855. The number of anilines is 1. The zero-order valence-electron chi connectivity index (χ0n) is 9.62. The lowest BCUT2D eigenvalue weighted by atomic mass is 10.1. The lowest BCUT2D eigenvalue weighted by molar-refractivity contribution is 0.623. The van der Waals surface area contributed by atoms with Crippen molar-refractivity contribution in [2.75, 3.05) is 5.32 Å². The summed E-state index contributed by atoms with van der Waals surface area (Å²) in [5.74, 6) is -0.512. The molecule has 1 N–H and O–H groups in total. The van der Waals surface area contributed by atoms with Crippen LogP contribution < -0.4 is 5.32 Å². The van der Waals surface area contributed by atoms with Crippen molar-refractivity contribution in [3.05, 3.63) is 57.0 Å². The molecular formula is C13H8BrClFN3. The van der Waals surface area contributed by atoms with Crippen LogP contribution in [0.5, 0.6) is 0 Å². The standard InChI is InChI=1S/C13H8BrClFN3/c14-11-4-10(7-19-13(11)15)18-6-8-1-2-12(16)9(3-8)5-17/h1-4,7,18H,6H2. The Balaban J connectivity index is 2.10. The molecule has 1 aromatic heterocycles. The van der Waals surface area contributed by atoms with E-state index in [0.29, 0.717) is 16.2 Å². The van der Waals surface area contributed by atoms with Gasteiger partial charge in [0.25, 0.3) is 0 Å². The van der Waals surface area contributed by atoms with E-state index >= 15 is 0 Å². The Morgan fingerprint density at radius 2 is 2.21 bits per heavy atom. The number of benzene rings is 1. The summed E-state index contributed by atoms with van der Waals surface area (Å²) >= 11 is 9.07. The van der Waals surface area contributed by atoms with Crippen molar-refractivity contribution in [1.82, 2.24) is 4.98 Å². The minimum Gasteiger partial charge on any atom is -0.380 e. The number of aromatic nitrogens is 1. The predicted octanol–water partition coefficient (Wildman–Crippen LogP) is 4.12.